The molecule has 0 bridgehead atoms. The maximum Gasteiger partial charge on any atom is 0.237 e. The lowest BCUT2D eigenvalue weighted by Crippen LogP contribution is -2.22. The molecule has 0 fully saturated rings. The number of hydrogen-bond acceptors (Lipinski definition) is 6. The molecule has 7 nitrogen and oxygen atoms in total. The lowest BCUT2D eigenvalue weighted by atomic mass is 10.2. The van der Waals surface area contributed by atoms with Crippen LogP contribution in [-0.4, -0.2) is 38.0 Å². The summed E-state index contributed by atoms with van der Waals surface area (Å²) in [6.45, 7) is 1.85. The number of anilines is 1. The molecule has 4 aromatic rings. The number of rotatable bonds is 7. The number of nitrogens with one attached hydrogen (secondary N) is 1. The molecule has 0 aliphatic rings. The van der Waals surface area contributed by atoms with Crippen molar-refractivity contribution in [2.75, 3.05) is 12.4 Å². The van der Waals surface area contributed by atoms with Gasteiger partial charge in [-0.1, -0.05) is 30.0 Å². The monoisotopic (exact) mass is 431 g/mol. The third-order valence-electron chi connectivity index (χ3n) is 4.58. The molecule has 0 saturated heterocycles. The van der Waals surface area contributed by atoms with Crippen LogP contribution in [0.5, 0.6) is 5.75 Å². The van der Waals surface area contributed by atoms with Gasteiger partial charge in [-0.3, -0.25) is 14.3 Å². The molecular formula is C23H21N5O2S. The molecule has 0 unspecified atom stereocenters. The summed E-state index contributed by atoms with van der Waals surface area (Å²) in [7, 11) is 1.63. The van der Waals surface area contributed by atoms with Crippen LogP contribution in [0.1, 0.15) is 6.92 Å². The molecule has 8 heteroatoms. The van der Waals surface area contributed by atoms with Gasteiger partial charge in [-0.15, -0.1) is 10.2 Å². The summed E-state index contributed by atoms with van der Waals surface area (Å²) < 4.78 is 7.20. The highest BCUT2D eigenvalue weighted by molar-refractivity contribution is 8.00. The van der Waals surface area contributed by atoms with Gasteiger partial charge < -0.3 is 10.1 Å². The predicted octanol–water partition coefficient (Wildman–Crippen LogP) is 4.46. The van der Waals surface area contributed by atoms with Crippen LogP contribution in [0.3, 0.4) is 0 Å². The van der Waals surface area contributed by atoms with Crippen LogP contribution in [0.25, 0.3) is 17.1 Å². The highest BCUT2D eigenvalue weighted by Crippen LogP contribution is 2.31. The van der Waals surface area contributed by atoms with E-state index in [-0.39, 0.29) is 11.2 Å². The Kier molecular flexibility index (Phi) is 6.28. The smallest absolute Gasteiger partial charge is 0.237 e. The van der Waals surface area contributed by atoms with Gasteiger partial charge in [0.1, 0.15) is 5.75 Å². The van der Waals surface area contributed by atoms with Crippen molar-refractivity contribution < 1.29 is 9.53 Å². The van der Waals surface area contributed by atoms with Crippen molar-refractivity contribution in [3.63, 3.8) is 0 Å². The van der Waals surface area contributed by atoms with Crippen molar-refractivity contribution in [3.05, 3.63) is 79.1 Å². The van der Waals surface area contributed by atoms with Crippen LogP contribution >= 0.6 is 11.8 Å². The first kappa shape index (κ1) is 20.6. The molecule has 0 radical (unpaired) electrons. The van der Waals surface area contributed by atoms with E-state index in [1.54, 1.807) is 19.5 Å². The molecule has 156 valence electrons. The van der Waals surface area contributed by atoms with Crippen LogP contribution in [0.15, 0.2) is 84.3 Å². The highest BCUT2D eigenvalue weighted by Gasteiger charge is 2.22. The lowest BCUT2D eigenvalue weighted by Gasteiger charge is -2.14. The summed E-state index contributed by atoms with van der Waals surface area (Å²) in [5.41, 5.74) is 2.45. The van der Waals surface area contributed by atoms with Crippen LogP contribution in [0.2, 0.25) is 0 Å². The number of aromatic nitrogens is 4. The molecule has 1 atom stereocenters. The van der Waals surface area contributed by atoms with Crippen LogP contribution in [0.4, 0.5) is 5.69 Å². The van der Waals surface area contributed by atoms with Crippen LogP contribution in [-0.2, 0) is 4.79 Å². The Labute approximate surface area is 184 Å². The van der Waals surface area contributed by atoms with Gasteiger partial charge in [0.2, 0.25) is 5.91 Å². The molecule has 2 heterocycles. The number of methoxy groups -OCH3 is 1. The van der Waals surface area contributed by atoms with E-state index in [4.69, 9.17) is 4.74 Å². The Balaban J connectivity index is 1.65. The fourth-order valence-electron chi connectivity index (χ4n) is 2.97. The fourth-order valence-corrected chi connectivity index (χ4v) is 3.84. The summed E-state index contributed by atoms with van der Waals surface area (Å²) in [4.78, 5) is 16.9. The quantitative estimate of drug-likeness (QED) is 0.435. The van der Waals surface area contributed by atoms with Crippen molar-refractivity contribution in [1.29, 1.82) is 0 Å². The highest BCUT2D eigenvalue weighted by atomic mass is 32.2. The number of ether oxygens (including phenoxy) is 1. The second-order valence-electron chi connectivity index (χ2n) is 6.70. The fraction of sp³-hybridized carbons (Fsp3) is 0.130. The van der Waals surface area contributed by atoms with Crippen molar-refractivity contribution in [1.82, 2.24) is 19.7 Å². The van der Waals surface area contributed by atoms with Crippen LogP contribution < -0.4 is 10.1 Å². The SMILES string of the molecule is COc1ccc(-n2c(S[C@@H](C)C(=O)Nc3ccccc3)nnc2-c2cccnc2)cc1. The zero-order valence-electron chi connectivity index (χ0n) is 17.1. The Morgan fingerprint density at radius 1 is 1.03 bits per heavy atom. The van der Waals surface area contributed by atoms with Crippen molar-refractivity contribution in [2.45, 2.75) is 17.3 Å². The first-order valence-corrected chi connectivity index (χ1v) is 10.6. The molecular weight excluding hydrogens is 410 g/mol. The number of thioether (sulfide) groups is 1. The first-order valence-electron chi connectivity index (χ1n) is 9.68. The number of pyridine rings is 1. The minimum absolute atomic E-state index is 0.108. The first-order chi connectivity index (χ1) is 15.2. The summed E-state index contributed by atoms with van der Waals surface area (Å²) in [6, 6.07) is 20.8. The zero-order valence-corrected chi connectivity index (χ0v) is 17.9. The lowest BCUT2D eigenvalue weighted by molar-refractivity contribution is -0.115. The largest absolute Gasteiger partial charge is 0.497 e. The number of hydrogen-bond donors (Lipinski definition) is 1. The van der Waals surface area contributed by atoms with Crippen molar-refractivity contribution in [2.24, 2.45) is 0 Å². The van der Waals surface area contributed by atoms with E-state index in [1.165, 1.54) is 11.8 Å². The number of carbonyl (C=O) groups is 1. The molecule has 2 aromatic carbocycles. The third-order valence-corrected chi connectivity index (χ3v) is 5.62. The standard InChI is InChI=1S/C23H21N5O2S/c1-16(22(29)25-18-8-4-3-5-9-18)31-23-27-26-21(17-7-6-14-24-15-17)28(23)19-10-12-20(30-2)13-11-19/h3-16H,1-2H3,(H,25,29)/t16-/m0/s1. The van der Waals surface area contributed by atoms with Crippen molar-refractivity contribution >= 4 is 23.4 Å². The molecule has 4 rings (SSSR count). The number of amides is 1. The average molecular weight is 432 g/mol. The second-order valence-corrected chi connectivity index (χ2v) is 8.00. The summed E-state index contributed by atoms with van der Waals surface area (Å²) >= 11 is 1.34. The Morgan fingerprint density at radius 2 is 1.81 bits per heavy atom. The Bertz CT molecular complexity index is 1150. The second kappa shape index (κ2) is 9.44. The molecule has 31 heavy (non-hydrogen) atoms. The summed E-state index contributed by atoms with van der Waals surface area (Å²) in [6.07, 6.45) is 3.45. The molecule has 1 amide bonds. The van der Waals surface area contributed by atoms with Gasteiger partial charge in [0, 0.05) is 29.3 Å². The van der Waals surface area contributed by atoms with Crippen LogP contribution in [0, 0.1) is 0 Å². The van der Waals surface area contributed by atoms with Gasteiger partial charge in [0.25, 0.3) is 0 Å². The van der Waals surface area contributed by atoms with E-state index in [1.807, 2.05) is 78.2 Å². The Hall–Kier alpha value is -3.65. The van der Waals surface area contributed by atoms with Gasteiger partial charge in [0.15, 0.2) is 11.0 Å². The van der Waals surface area contributed by atoms with E-state index in [0.717, 1.165) is 22.7 Å². The van der Waals surface area contributed by atoms with Gasteiger partial charge in [-0.25, -0.2) is 0 Å². The topological polar surface area (TPSA) is 81.9 Å². The number of carbonyl (C=O) groups excluding carboxylic acids is 1. The molecule has 0 aliphatic heterocycles. The molecule has 0 aliphatic carbocycles. The maximum absolute atomic E-state index is 12.7. The zero-order chi connectivity index (χ0) is 21.6. The molecule has 2 aromatic heterocycles. The van der Waals surface area contributed by atoms with Gasteiger partial charge in [-0.2, -0.15) is 0 Å². The maximum atomic E-state index is 12.7. The summed E-state index contributed by atoms with van der Waals surface area (Å²) in [5.74, 6) is 1.30. The summed E-state index contributed by atoms with van der Waals surface area (Å²) in [5, 5.41) is 11.9. The van der Waals surface area contributed by atoms with Crippen molar-refractivity contribution in [3.8, 4) is 22.8 Å². The minimum atomic E-state index is -0.386. The van der Waals surface area contributed by atoms with E-state index >= 15 is 0 Å². The van der Waals surface area contributed by atoms with Gasteiger partial charge >= 0.3 is 0 Å². The normalized spacial score (nSPS) is 11.7. The molecule has 1 N–H and O–H groups in total. The van der Waals surface area contributed by atoms with E-state index < -0.39 is 0 Å². The number of nitrogens with zero attached hydrogens (tertiary/aromatic N) is 4. The molecule has 0 saturated carbocycles. The number of para-hydroxylation sites is 1. The minimum Gasteiger partial charge on any atom is -0.497 e. The Morgan fingerprint density at radius 3 is 2.48 bits per heavy atom. The average Bonchev–Trinajstić information content (AvgIpc) is 3.23. The van der Waals surface area contributed by atoms with Gasteiger partial charge in [0.05, 0.1) is 12.4 Å². The van der Waals surface area contributed by atoms with E-state index in [0.29, 0.717) is 11.0 Å². The van der Waals surface area contributed by atoms with Gasteiger partial charge in [-0.05, 0) is 55.5 Å². The van der Waals surface area contributed by atoms with E-state index in [9.17, 15) is 4.79 Å². The molecule has 0 spiro atoms. The third kappa shape index (κ3) is 4.75. The number of benzene rings is 2. The van der Waals surface area contributed by atoms with E-state index in [2.05, 4.69) is 20.5 Å². The predicted molar refractivity (Wildman–Crippen MR) is 122 cm³/mol.